The highest BCUT2D eigenvalue weighted by Gasteiger charge is 2.12. The van der Waals surface area contributed by atoms with Crippen molar-refractivity contribution in [3.8, 4) is 5.69 Å². The minimum atomic E-state index is -0.600. The second-order valence-electron chi connectivity index (χ2n) is 4.04. The van der Waals surface area contributed by atoms with E-state index in [9.17, 15) is 14.4 Å². The lowest BCUT2D eigenvalue weighted by Gasteiger charge is -2.06. The SMILES string of the molecule is CC(=O)c1c[nH]c(=O)n(-c2cccc(C)c2)c1=O. The van der Waals surface area contributed by atoms with Crippen molar-refractivity contribution < 1.29 is 4.79 Å². The molecule has 92 valence electrons. The molecule has 0 radical (unpaired) electrons. The van der Waals surface area contributed by atoms with E-state index in [1.54, 1.807) is 18.2 Å². The van der Waals surface area contributed by atoms with Gasteiger partial charge in [-0.2, -0.15) is 0 Å². The molecule has 0 aliphatic rings. The molecule has 0 aliphatic heterocycles. The summed E-state index contributed by atoms with van der Waals surface area (Å²) in [7, 11) is 0. The van der Waals surface area contributed by atoms with Gasteiger partial charge in [-0.3, -0.25) is 9.59 Å². The molecule has 0 aliphatic carbocycles. The molecular weight excluding hydrogens is 232 g/mol. The average molecular weight is 244 g/mol. The van der Waals surface area contributed by atoms with Crippen molar-refractivity contribution >= 4 is 5.78 Å². The Kier molecular flexibility index (Phi) is 2.97. The highest BCUT2D eigenvalue weighted by atomic mass is 16.2. The van der Waals surface area contributed by atoms with Gasteiger partial charge in [0.25, 0.3) is 5.56 Å². The highest BCUT2D eigenvalue weighted by molar-refractivity contribution is 5.93. The van der Waals surface area contributed by atoms with E-state index in [1.165, 1.54) is 6.92 Å². The molecule has 0 spiro atoms. The zero-order valence-electron chi connectivity index (χ0n) is 10.1. The number of carbonyl (C=O) groups is 1. The summed E-state index contributed by atoms with van der Waals surface area (Å²) in [5, 5.41) is 0. The Balaban J connectivity index is 2.79. The van der Waals surface area contributed by atoms with Crippen LogP contribution in [0.3, 0.4) is 0 Å². The number of nitrogens with one attached hydrogen (secondary N) is 1. The minimum Gasteiger partial charge on any atom is -0.313 e. The number of Topliss-reactive ketones (excluding diaryl/α,β-unsaturated/α-hetero) is 1. The predicted molar refractivity (Wildman–Crippen MR) is 67.4 cm³/mol. The Labute approximate surface area is 103 Å². The van der Waals surface area contributed by atoms with Crippen LogP contribution < -0.4 is 11.2 Å². The van der Waals surface area contributed by atoms with Crippen LogP contribution in [0.15, 0.2) is 40.1 Å². The average Bonchev–Trinajstić information content (AvgIpc) is 2.28. The smallest absolute Gasteiger partial charge is 0.313 e. The number of H-pyrrole nitrogens is 1. The molecule has 1 aromatic carbocycles. The number of aryl methyl sites for hydroxylation is 1. The van der Waals surface area contributed by atoms with E-state index in [-0.39, 0.29) is 11.3 Å². The van der Waals surface area contributed by atoms with Crippen LogP contribution in [0.1, 0.15) is 22.8 Å². The van der Waals surface area contributed by atoms with Gasteiger partial charge in [-0.25, -0.2) is 9.36 Å². The molecule has 1 N–H and O–H groups in total. The van der Waals surface area contributed by atoms with Crippen molar-refractivity contribution in [2.45, 2.75) is 13.8 Å². The molecule has 5 nitrogen and oxygen atoms in total. The van der Waals surface area contributed by atoms with E-state index < -0.39 is 11.2 Å². The lowest BCUT2D eigenvalue weighted by atomic mass is 10.2. The molecule has 0 amide bonds. The minimum absolute atomic E-state index is 0.0314. The van der Waals surface area contributed by atoms with Gasteiger partial charge >= 0.3 is 5.69 Å². The number of carbonyl (C=O) groups excluding carboxylic acids is 1. The van der Waals surface area contributed by atoms with Crippen molar-refractivity contribution in [2.24, 2.45) is 0 Å². The molecule has 0 atom stereocenters. The summed E-state index contributed by atoms with van der Waals surface area (Å²) in [6.07, 6.45) is 1.15. The van der Waals surface area contributed by atoms with Crippen LogP contribution in [0.4, 0.5) is 0 Å². The van der Waals surface area contributed by atoms with Gasteiger partial charge < -0.3 is 4.98 Å². The number of nitrogens with zero attached hydrogens (tertiary/aromatic N) is 1. The maximum absolute atomic E-state index is 12.1. The summed E-state index contributed by atoms with van der Waals surface area (Å²) >= 11 is 0. The van der Waals surface area contributed by atoms with E-state index in [0.717, 1.165) is 16.3 Å². The Hall–Kier alpha value is -2.43. The number of benzene rings is 1. The maximum atomic E-state index is 12.1. The van der Waals surface area contributed by atoms with Crippen molar-refractivity contribution in [1.82, 2.24) is 9.55 Å². The Morgan fingerprint density at radius 1 is 1.28 bits per heavy atom. The molecule has 0 fully saturated rings. The summed E-state index contributed by atoms with van der Waals surface area (Å²) in [6, 6.07) is 6.96. The van der Waals surface area contributed by atoms with E-state index in [4.69, 9.17) is 0 Å². The number of aromatic amines is 1. The van der Waals surface area contributed by atoms with Crippen LogP contribution >= 0.6 is 0 Å². The lowest BCUT2D eigenvalue weighted by molar-refractivity contribution is 0.101. The van der Waals surface area contributed by atoms with Gasteiger partial charge in [-0.1, -0.05) is 12.1 Å². The van der Waals surface area contributed by atoms with E-state index in [1.807, 2.05) is 13.0 Å². The molecule has 5 heteroatoms. The van der Waals surface area contributed by atoms with Crippen molar-refractivity contribution in [2.75, 3.05) is 0 Å². The summed E-state index contributed by atoms with van der Waals surface area (Å²) in [6.45, 7) is 3.15. The van der Waals surface area contributed by atoms with Crippen LogP contribution in [-0.2, 0) is 0 Å². The highest BCUT2D eigenvalue weighted by Crippen LogP contribution is 2.05. The Morgan fingerprint density at radius 2 is 2.00 bits per heavy atom. The number of aromatic nitrogens is 2. The molecular formula is C13H12N2O3. The number of hydrogen-bond acceptors (Lipinski definition) is 3. The van der Waals surface area contributed by atoms with Crippen LogP contribution in [0.5, 0.6) is 0 Å². The standard InChI is InChI=1S/C13H12N2O3/c1-8-4-3-5-10(6-8)15-12(17)11(9(2)16)7-14-13(15)18/h3-7H,1-2H3,(H,14,18). The number of rotatable bonds is 2. The molecule has 0 saturated carbocycles. The zero-order chi connectivity index (χ0) is 13.3. The fraction of sp³-hybridized carbons (Fsp3) is 0.154. The van der Waals surface area contributed by atoms with Crippen molar-refractivity contribution in [3.05, 3.63) is 62.4 Å². The van der Waals surface area contributed by atoms with Crippen molar-refractivity contribution in [1.29, 1.82) is 0 Å². The van der Waals surface area contributed by atoms with Gasteiger partial charge in [0.15, 0.2) is 5.78 Å². The fourth-order valence-corrected chi connectivity index (χ4v) is 1.73. The maximum Gasteiger partial charge on any atom is 0.333 e. The summed E-state index contributed by atoms with van der Waals surface area (Å²) in [4.78, 5) is 37.5. The summed E-state index contributed by atoms with van der Waals surface area (Å²) in [5.74, 6) is -0.377. The molecule has 0 unspecified atom stereocenters. The first-order valence-electron chi connectivity index (χ1n) is 5.43. The van der Waals surface area contributed by atoms with Gasteiger partial charge in [-0.05, 0) is 31.5 Å². The Morgan fingerprint density at radius 3 is 2.61 bits per heavy atom. The van der Waals surface area contributed by atoms with E-state index in [0.29, 0.717) is 5.69 Å². The first-order chi connectivity index (χ1) is 8.50. The number of hydrogen-bond donors (Lipinski definition) is 1. The monoisotopic (exact) mass is 244 g/mol. The lowest BCUT2D eigenvalue weighted by Crippen LogP contribution is -2.36. The van der Waals surface area contributed by atoms with Crippen LogP contribution in [0.2, 0.25) is 0 Å². The van der Waals surface area contributed by atoms with Gasteiger partial charge in [-0.15, -0.1) is 0 Å². The zero-order valence-corrected chi connectivity index (χ0v) is 10.1. The molecule has 0 saturated heterocycles. The van der Waals surface area contributed by atoms with Crippen LogP contribution in [0, 0.1) is 6.92 Å². The predicted octanol–water partition coefficient (Wildman–Crippen LogP) is 1.04. The van der Waals surface area contributed by atoms with Gasteiger partial charge in [0.1, 0.15) is 0 Å². The van der Waals surface area contributed by atoms with Gasteiger partial charge in [0, 0.05) is 6.20 Å². The largest absolute Gasteiger partial charge is 0.333 e. The quantitative estimate of drug-likeness (QED) is 0.802. The van der Waals surface area contributed by atoms with E-state index in [2.05, 4.69) is 4.98 Å². The number of ketones is 1. The molecule has 1 heterocycles. The van der Waals surface area contributed by atoms with E-state index >= 15 is 0 Å². The third-order valence-electron chi connectivity index (χ3n) is 2.62. The molecule has 2 aromatic rings. The Bertz CT molecular complexity index is 726. The topological polar surface area (TPSA) is 71.9 Å². The second-order valence-corrected chi connectivity index (χ2v) is 4.04. The first-order valence-corrected chi connectivity index (χ1v) is 5.43. The fourth-order valence-electron chi connectivity index (χ4n) is 1.73. The second kappa shape index (κ2) is 4.44. The van der Waals surface area contributed by atoms with Crippen molar-refractivity contribution in [3.63, 3.8) is 0 Å². The third kappa shape index (κ3) is 2.02. The molecule has 1 aromatic heterocycles. The molecule has 0 bridgehead atoms. The summed E-state index contributed by atoms with van der Waals surface area (Å²) < 4.78 is 0.962. The summed E-state index contributed by atoms with van der Waals surface area (Å²) in [5.41, 5.74) is 0.180. The third-order valence-corrected chi connectivity index (χ3v) is 2.62. The molecule has 2 rings (SSSR count). The molecule has 18 heavy (non-hydrogen) atoms. The van der Waals surface area contributed by atoms with Crippen LogP contribution in [-0.4, -0.2) is 15.3 Å². The van der Waals surface area contributed by atoms with Gasteiger partial charge in [0.05, 0.1) is 11.3 Å². The first kappa shape index (κ1) is 12.0. The van der Waals surface area contributed by atoms with Gasteiger partial charge in [0.2, 0.25) is 0 Å². The van der Waals surface area contributed by atoms with Crippen LogP contribution in [0.25, 0.3) is 5.69 Å². The normalized spacial score (nSPS) is 10.3.